The molecule has 9 heteroatoms. The molecule has 0 saturated heterocycles. The van der Waals surface area contributed by atoms with Crippen LogP contribution in [0.5, 0.6) is 0 Å². The van der Waals surface area contributed by atoms with E-state index < -0.39 is 20.0 Å². The van der Waals surface area contributed by atoms with Crippen LogP contribution in [0.1, 0.15) is 264 Å². The smallest absolute Gasteiger partial charge is 0.387 e. The topological polar surface area (TPSA) is 105 Å². The predicted octanol–water partition coefficient (Wildman–Crippen LogP) is 19.9. The van der Waals surface area contributed by atoms with Gasteiger partial charge in [0.1, 0.15) is 13.2 Å². The molecule has 0 aliphatic heterocycles. The normalized spacial score (nSPS) is 14.5. The fourth-order valence-corrected chi connectivity index (χ4v) is 9.56. The molecule has 0 aromatic heterocycles. The van der Waals surface area contributed by atoms with E-state index in [1.54, 1.807) is 6.08 Å². The number of nitrogens with one attached hydrogen (secondary N) is 1. The summed E-state index contributed by atoms with van der Waals surface area (Å²) in [6, 6.07) is -0.854. The summed E-state index contributed by atoms with van der Waals surface area (Å²) in [5.41, 5.74) is 0. The Balaban J connectivity index is 4.11. The van der Waals surface area contributed by atoms with Gasteiger partial charge in [0.15, 0.2) is 0 Å². The molecular formula is C68H122N2O6P+. The number of hydrogen-bond acceptors (Lipinski definition) is 5. The number of rotatable bonds is 57. The zero-order valence-electron chi connectivity index (χ0n) is 50.7. The number of carbonyl (C=O) groups is 1. The van der Waals surface area contributed by atoms with Crippen molar-refractivity contribution < 1.29 is 32.9 Å². The molecule has 77 heavy (non-hydrogen) atoms. The van der Waals surface area contributed by atoms with Crippen LogP contribution < -0.4 is 5.32 Å². The first-order chi connectivity index (χ1) is 37.5. The third-order valence-corrected chi connectivity index (χ3v) is 14.7. The van der Waals surface area contributed by atoms with E-state index >= 15 is 0 Å². The number of nitrogens with zero attached hydrogens (tertiary/aromatic N) is 1. The summed E-state index contributed by atoms with van der Waals surface area (Å²) in [4.78, 5) is 23.3. The highest BCUT2D eigenvalue weighted by molar-refractivity contribution is 7.47. The second-order valence-electron chi connectivity index (χ2n) is 22.4. The van der Waals surface area contributed by atoms with Crippen molar-refractivity contribution in [2.75, 3.05) is 40.9 Å². The number of aliphatic hydroxyl groups excluding tert-OH is 1. The van der Waals surface area contributed by atoms with Gasteiger partial charge in [-0.3, -0.25) is 13.8 Å². The molecule has 1 amide bonds. The molecule has 0 bridgehead atoms. The monoisotopic (exact) mass is 1090 g/mol. The molecule has 3 N–H and O–H groups in total. The maximum absolute atomic E-state index is 13.0. The van der Waals surface area contributed by atoms with Gasteiger partial charge >= 0.3 is 7.82 Å². The standard InChI is InChI=1S/C68H121N2O6P/c1-6-8-10-12-14-16-18-20-22-24-26-27-28-29-30-31-32-33-34-35-36-37-38-39-40-41-42-43-44-46-48-50-52-54-56-58-60-62-68(72)69-66(65-76-77(73,74)75-64-63-70(3,4)5)67(71)61-59-57-55-53-51-49-47-45-25-23-21-19-17-15-13-11-9-7-2/h8,10,14,16,20,22,26-27,29-30,32-33,35-36,38-39,59,61,66-67,71H,6-7,9,11-13,15,17-19,21,23-25,28,31,34,37,40-58,60,62-65H2,1-5H3,(H-,69,72,73,74)/p+1/b10-8-,16-14-,22-20-,27-26-,30-29-,33-32-,36-35-,39-38-,61-59+. The summed E-state index contributed by atoms with van der Waals surface area (Å²) in [6.07, 6.45) is 84.8. The van der Waals surface area contributed by atoms with Gasteiger partial charge in [-0.1, -0.05) is 284 Å². The summed E-state index contributed by atoms with van der Waals surface area (Å²) < 4.78 is 23.7. The first kappa shape index (κ1) is 74.2. The van der Waals surface area contributed by atoms with E-state index in [0.717, 1.165) is 89.9 Å². The van der Waals surface area contributed by atoms with Crippen LogP contribution in [0.3, 0.4) is 0 Å². The zero-order valence-corrected chi connectivity index (χ0v) is 51.6. The SMILES string of the molecule is CC/C=C\C/C=C\C/C=C\C/C=C\C/C=C\C/C=C\C/C=C\C/C=C\CCCCCCCCCCCCCCC(=O)NC(COP(=O)(O)OCC[N+](C)(C)C)C(O)/C=C/CCCCCCCCCCCCCCCCCC. The minimum absolute atomic E-state index is 0.0574. The first-order valence-electron chi connectivity index (χ1n) is 31.8. The fraction of sp³-hybridized carbons (Fsp3) is 0.721. The van der Waals surface area contributed by atoms with Gasteiger partial charge in [0.05, 0.1) is 39.9 Å². The minimum Gasteiger partial charge on any atom is -0.387 e. The molecule has 0 aromatic carbocycles. The zero-order chi connectivity index (χ0) is 56.3. The van der Waals surface area contributed by atoms with E-state index in [2.05, 4.69) is 116 Å². The predicted molar refractivity (Wildman–Crippen MR) is 336 cm³/mol. The van der Waals surface area contributed by atoms with Crippen molar-refractivity contribution in [3.8, 4) is 0 Å². The molecule has 0 heterocycles. The van der Waals surface area contributed by atoms with Crippen molar-refractivity contribution in [3.05, 3.63) is 109 Å². The summed E-state index contributed by atoms with van der Waals surface area (Å²) in [6.45, 7) is 4.71. The van der Waals surface area contributed by atoms with E-state index in [-0.39, 0.29) is 19.1 Å². The van der Waals surface area contributed by atoms with Crippen LogP contribution in [-0.2, 0) is 18.4 Å². The number of allylic oxidation sites excluding steroid dienone is 17. The Morgan fingerprint density at radius 1 is 0.455 bits per heavy atom. The Hall–Kier alpha value is -2.84. The number of phosphoric ester groups is 1. The lowest BCUT2D eigenvalue weighted by Gasteiger charge is -2.25. The van der Waals surface area contributed by atoms with Crippen LogP contribution in [0, 0.1) is 0 Å². The minimum atomic E-state index is -4.35. The molecule has 0 aromatic rings. The van der Waals surface area contributed by atoms with E-state index in [4.69, 9.17) is 9.05 Å². The second-order valence-corrected chi connectivity index (χ2v) is 23.9. The quantitative estimate of drug-likeness (QED) is 0.0243. The first-order valence-corrected chi connectivity index (χ1v) is 33.3. The molecule has 0 aliphatic carbocycles. The van der Waals surface area contributed by atoms with Crippen LogP contribution in [0.25, 0.3) is 0 Å². The molecule has 8 nitrogen and oxygen atoms in total. The summed E-state index contributed by atoms with van der Waals surface area (Å²) in [5, 5.41) is 14.0. The van der Waals surface area contributed by atoms with Crippen molar-refractivity contribution in [1.29, 1.82) is 0 Å². The maximum atomic E-state index is 13.0. The number of hydrogen-bond donors (Lipinski definition) is 3. The van der Waals surface area contributed by atoms with Gasteiger partial charge in [0.2, 0.25) is 5.91 Å². The van der Waals surface area contributed by atoms with Gasteiger partial charge in [0, 0.05) is 6.42 Å². The van der Waals surface area contributed by atoms with Gasteiger partial charge in [-0.25, -0.2) is 4.57 Å². The molecule has 0 spiro atoms. The Morgan fingerprint density at radius 2 is 0.779 bits per heavy atom. The number of likely N-dealkylation sites (N-methyl/N-ethyl adjacent to an activating group) is 1. The molecule has 0 radical (unpaired) electrons. The average molecular weight is 1090 g/mol. The molecule has 0 fully saturated rings. The van der Waals surface area contributed by atoms with Crippen molar-refractivity contribution in [3.63, 3.8) is 0 Å². The van der Waals surface area contributed by atoms with Gasteiger partial charge in [-0.2, -0.15) is 0 Å². The van der Waals surface area contributed by atoms with Crippen LogP contribution in [0.4, 0.5) is 0 Å². The lowest BCUT2D eigenvalue weighted by atomic mass is 10.0. The molecule has 0 saturated carbocycles. The van der Waals surface area contributed by atoms with Crippen molar-refractivity contribution >= 4 is 13.7 Å². The van der Waals surface area contributed by atoms with Crippen LogP contribution >= 0.6 is 7.82 Å². The number of unbranched alkanes of at least 4 members (excludes halogenated alkanes) is 28. The number of quaternary nitrogens is 1. The van der Waals surface area contributed by atoms with E-state index in [1.807, 2.05) is 27.2 Å². The highest BCUT2D eigenvalue weighted by Gasteiger charge is 2.27. The number of amides is 1. The van der Waals surface area contributed by atoms with E-state index in [9.17, 15) is 19.4 Å². The van der Waals surface area contributed by atoms with Crippen LogP contribution in [0.15, 0.2) is 109 Å². The average Bonchev–Trinajstić information content (AvgIpc) is 3.39. The summed E-state index contributed by atoms with van der Waals surface area (Å²) in [5.74, 6) is -0.181. The molecule has 444 valence electrons. The summed E-state index contributed by atoms with van der Waals surface area (Å²) >= 11 is 0. The van der Waals surface area contributed by atoms with Gasteiger partial charge in [0.25, 0.3) is 0 Å². The van der Waals surface area contributed by atoms with E-state index in [1.165, 1.54) is 154 Å². The van der Waals surface area contributed by atoms with Crippen molar-refractivity contribution in [2.24, 2.45) is 0 Å². The van der Waals surface area contributed by atoms with Crippen LogP contribution in [-0.4, -0.2) is 73.4 Å². The fourth-order valence-electron chi connectivity index (χ4n) is 8.82. The Bertz CT molecular complexity index is 1620. The summed E-state index contributed by atoms with van der Waals surface area (Å²) in [7, 11) is 1.57. The number of aliphatic hydroxyl groups is 1. The van der Waals surface area contributed by atoms with E-state index in [0.29, 0.717) is 17.4 Å². The van der Waals surface area contributed by atoms with Crippen molar-refractivity contribution in [1.82, 2.24) is 5.32 Å². The lowest BCUT2D eigenvalue weighted by Crippen LogP contribution is -2.45. The molecule has 0 aliphatic rings. The molecule has 3 unspecified atom stereocenters. The molecule has 0 rings (SSSR count). The Morgan fingerprint density at radius 3 is 1.14 bits per heavy atom. The number of phosphoric acid groups is 1. The second kappa shape index (κ2) is 57.8. The lowest BCUT2D eigenvalue weighted by molar-refractivity contribution is -0.870. The van der Waals surface area contributed by atoms with Crippen molar-refractivity contribution in [2.45, 2.75) is 276 Å². The van der Waals surface area contributed by atoms with Gasteiger partial charge < -0.3 is 19.8 Å². The van der Waals surface area contributed by atoms with Gasteiger partial charge in [-0.15, -0.1) is 0 Å². The highest BCUT2D eigenvalue weighted by atomic mass is 31.2. The Labute approximate surface area is 476 Å². The maximum Gasteiger partial charge on any atom is 0.472 e. The van der Waals surface area contributed by atoms with Gasteiger partial charge in [-0.05, 0) is 83.5 Å². The highest BCUT2D eigenvalue weighted by Crippen LogP contribution is 2.43. The largest absolute Gasteiger partial charge is 0.472 e. The third-order valence-electron chi connectivity index (χ3n) is 13.7. The van der Waals surface area contributed by atoms with Crippen LogP contribution in [0.2, 0.25) is 0 Å². The molecule has 3 atom stereocenters. The molecular weight excluding hydrogens is 972 g/mol. The number of carbonyl (C=O) groups excluding carboxylic acids is 1. The Kier molecular flexibility index (Phi) is 55.7. The third kappa shape index (κ3) is 60.6.